The molecule has 0 fully saturated rings. The van der Waals surface area contributed by atoms with Crippen LogP contribution in [0.3, 0.4) is 0 Å². The molecular weight excluding hydrogens is 358 g/mol. The molecule has 0 saturated heterocycles. The van der Waals surface area contributed by atoms with Gasteiger partial charge in [-0.2, -0.15) is 5.10 Å². The van der Waals surface area contributed by atoms with Crippen LogP contribution in [0, 0.1) is 5.92 Å². The summed E-state index contributed by atoms with van der Waals surface area (Å²) >= 11 is 0. The van der Waals surface area contributed by atoms with E-state index in [1.54, 1.807) is 30.5 Å². The molecular formula is C20H19N5O3. The van der Waals surface area contributed by atoms with Gasteiger partial charge in [0.1, 0.15) is 0 Å². The number of carbonyl (C=O) groups excluding carboxylic acids is 3. The Labute approximate surface area is 160 Å². The van der Waals surface area contributed by atoms with E-state index in [2.05, 4.69) is 20.8 Å². The van der Waals surface area contributed by atoms with Crippen LogP contribution >= 0.6 is 0 Å². The van der Waals surface area contributed by atoms with Crippen molar-refractivity contribution in [3.63, 3.8) is 0 Å². The first-order valence-corrected chi connectivity index (χ1v) is 8.94. The van der Waals surface area contributed by atoms with Crippen LogP contribution in [0.25, 0.3) is 10.9 Å². The van der Waals surface area contributed by atoms with E-state index in [1.807, 2.05) is 19.9 Å². The molecule has 0 spiro atoms. The highest BCUT2D eigenvalue weighted by Crippen LogP contribution is 2.26. The Hall–Kier alpha value is -3.68. The van der Waals surface area contributed by atoms with Crippen LogP contribution in [0.5, 0.6) is 0 Å². The summed E-state index contributed by atoms with van der Waals surface area (Å²) in [5.41, 5.74) is 2.52. The number of amides is 4. The van der Waals surface area contributed by atoms with Crippen LogP contribution in [0.4, 0.5) is 16.2 Å². The molecule has 3 N–H and O–H groups in total. The highest BCUT2D eigenvalue weighted by Gasteiger charge is 2.35. The molecule has 4 rings (SSSR count). The van der Waals surface area contributed by atoms with Crippen molar-refractivity contribution in [3.05, 3.63) is 53.7 Å². The summed E-state index contributed by atoms with van der Waals surface area (Å²) in [6, 6.07) is 9.66. The third kappa shape index (κ3) is 3.20. The summed E-state index contributed by atoms with van der Waals surface area (Å²) in [4.78, 5) is 38.5. The molecule has 0 atom stereocenters. The van der Waals surface area contributed by atoms with Gasteiger partial charge in [-0.1, -0.05) is 13.8 Å². The van der Waals surface area contributed by atoms with Crippen molar-refractivity contribution in [1.82, 2.24) is 15.1 Å². The third-order valence-electron chi connectivity index (χ3n) is 4.48. The zero-order chi connectivity index (χ0) is 19.8. The summed E-state index contributed by atoms with van der Waals surface area (Å²) in [7, 11) is 0. The molecule has 1 aliphatic rings. The fourth-order valence-electron chi connectivity index (χ4n) is 3.21. The van der Waals surface area contributed by atoms with Crippen molar-refractivity contribution in [2.45, 2.75) is 13.8 Å². The Morgan fingerprint density at radius 1 is 1.04 bits per heavy atom. The van der Waals surface area contributed by atoms with E-state index in [0.717, 1.165) is 10.9 Å². The van der Waals surface area contributed by atoms with E-state index >= 15 is 0 Å². The second-order valence-corrected chi connectivity index (χ2v) is 7.13. The maximum absolute atomic E-state index is 12.5. The lowest BCUT2D eigenvalue weighted by atomic mass is 10.1. The number of urea groups is 1. The van der Waals surface area contributed by atoms with Crippen LogP contribution in [-0.4, -0.2) is 39.5 Å². The van der Waals surface area contributed by atoms with Gasteiger partial charge in [-0.25, -0.2) is 4.79 Å². The number of hydrogen-bond donors (Lipinski definition) is 3. The number of aromatic amines is 1. The van der Waals surface area contributed by atoms with Crippen LogP contribution in [-0.2, 0) is 0 Å². The molecule has 2 heterocycles. The average molecular weight is 377 g/mol. The van der Waals surface area contributed by atoms with Gasteiger partial charge >= 0.3 is 6.03 Å². The zero-order valence-electron chi connectivity index (χ0n) is 15.4. The number of nitrogens with one attached hydrogen (secondary N) is 3. The molecule has 0 saturated carbocycles. The number of hydrogen-bond acceptors (Lipinski definition) is 4. The minimum Gasteiger partial charge on any atom is -0.308 e. The van der Waals surface area contributed by atoms with Gasteiger partial charge in [0.25, 0.3) is 11.8 Å². The van der Waals surface area contributed by atoms with E-state index in [1.165, 1.54) is 11.0 Å². The van der Waals surface area contributed by atoms with Crippen molar-refractivity contribution >= 4 is 40.1 Å². The summed E-state index contributed by atoms with van der Waals surface area (Å²) in [6.45, 7) is 4.26. The molecule has 1 aliphatic heterocycles. The number of imide groups is 1. The monoisotopic (exact) mass is 377 g/mol. The maximum Gasteiger partial charge on any atom is 0.323 e. The maximum atomic E-state index is 12.5. The van der Waals surface area contributed by atoms with Crippen molar-refractivity contribution in [2.75, 3.05) is 17.2 Å². The minimum atomic E-state index is -0.449. The number of aromatic nitrogens is 2. The smallest absolute Gasteiger partial charge is 0.308 e. The number of anilines is 2. The Morgan fingerprint density at radius 3 is 2.46 bits per heavy atom. The highest BCUT2D eigenvalue weighted by atomic mass is 16.2. The Balaban J connectivity index is 1.49. The standard InChI is InChI=1S/C20H19N5O3/c1-11(2)10-25-18(26)15-6-5-13(7-16(15)19(25)27)22-20(28)23-14-4-3-12-9-21-24-17(12)8-14/h3-9,11H,10H2,1-2H3,(H,21,24)(H2,22,23,28). The lowest BCUT2D eigenvalue weighted by Crippen LogP contribution is -2.33. The first-order chi connectivity index (χ1) is 13.4. The highest BCUT2D eigenvalue weighted by molar-refractivity contribution is 6.22. The first kappa shape index (κ1) is 17.7. The van der Waals surface area contributed by atoms with Crippen molar-refractivity contribution < 1.29 is 14.4 Å². The van der Waals surface area contributed by atoms with E-state index in [-0.39, 0.29) is 17.7 Å². The normalized spacial score (nSPS) is 13.3. The molecule has 0 aliphatic carbocycles. The number of H-pyrrole nitrogens is 1. The number of rotatable bonds is 4. The summed E-state index contributed by atoms with van der Waals surface area (Å²) in [5, 5.41) is 13.2. The fourth-order valence-corrected chi connectivity index (χ4v) is 3.21. The second-order valence-electron chi connectivity index (χ2n) is 7.13. The van der Waals surface area contributed by atoms with Crippen molar-refractivity contribution in [2.24, 2.45) is 5.92 Å². The molecule has 142 valence electrons. The lowest BCUT2D eigenvalue weighted by Gasteiger charge is -2.15. The molecule has 0 radical (unpaired) electrons. The number of nitrogens with zero attached hydrogens (tertiary/aromatic N) is 2. The summed E-state index contributed by atoms with van der Waals surface area (Å²) in [6.07, 6.45) is 1.70. The minimum absolute atomic E-state index is 0.179. The van der Waals surface area contributed by atoms with Gasteiger partial charge in [-0.15, -0.1) is 0 Å². The van der Waals surface area contributed by atoms with Gasteiger partial charge < -0.3 is 10.6 Å². The molecule has 1 aromatic heterocycles. The number of benzene rings is 2. The third-order valence-corrected chi connectivity index (χ3v) is 4.48. The van der Waals surface area contributed by atoms with Crippen LogP contribution in [0.1, 0.15) is 34.6 Å². The van der Waals surface area contributed by atoms with Crippen LogP contribution in [0.15, 0.2) is 42.6 Å². The van der Waals surface area contributed by atoms with Gasteiger partial charge in [0.05, 0.1) is 22.8 Å². The van der Waals surface area contributed by atoms with E-state index < -0.39 is 6.03 Å². The van der Waals surface area contributed by atoms with Gasteiger partial charge in [0.15, 0.2) is 0 Å². The number of fused-ring (bicyclic) bond motifs is 2. The largest absolute Gasteiger partial charge is 0.323 e. The zero-order valence-corrected chi connectivity index (χ0v) is 15.4. The Bertz CT molecular complexity index is 1100. The van der Waals surface area contributed by atoms with Gasteiger partial charge in [0.2, 0.25) is 0 Å². The van der Waals surface area contributed by atoms with Crippen LogP contribution in [0.2, 0.25) is 0 Å². The molecule has 8 heteroatoms. The SMILES string of the molecule is CC(C)CN1C(=O)c2ccc(NC(=O)Nc3ccc4cn[nH]c4c3)cc2C1=O. The summed E-state index contributed by atoms with van der Waals surface area (Å²) in [5.74, 6) is -0.446. The van der Waals surface area contributed by atoms with Gasteiger partial charge in [-0.05, 0) is 42.3 Å². The topological polar surface area (TPSA) is 107 Å². The average Bonchev–Trinajstić information content (AvgIpc) is 3.20. The van der Waals surface area contributed by atoms with Crippen molar-refractivity contribution in [1.29, 1.82) is 0 Å². The number of carbonyl (C=O) groups is 3. The first-order valence-electron chi connectivity index (χ1n) is 8.94. The lowest BCUT2D eigenvalue weighted by molar-refractivity contribution is 0.0636. The predicted octanol–water partition coefficient (Wildman–Crippen LogP) is 3.46. The van der Waals surface area contributed by atoms with Gasteiger partial charge in [0, 0.05) is 23.3 Å². The molecule has 28 heavy (non-hydrogen) atoms. The predicted molar refractivity (Wildman–Crippen MR) is 105 cm³/mol. The van der Waals surface area contributed by atoms with E-state index in [0.29, 0.717) is 29.0 Å². The molecule has 3 aromatic rings. The second kappa shape index (κ2) is 6.80. The fraction of sp³-hybridized carbons (Fsp3) is 0.200. The molecule has 0 bridgehead atoms. The molecule has 0 unspecified atom stereocenters. The molecule has 8 nitrogen and oxygen atoms in total. The quantitative estimate of drug-likeness (QED) is 0.605. The van der Waals surface area contributed by atoms with E-state index in [9.17, 15) is 14.4 Å². The Morgan fingerprint density at radius 2 is 1.71 bits per heavy atom. The van der Waals surface area contributed by atoms with Gasteiger partial charge in [-0.3, -0.25) is 19.6 Å². The summed E-state index contributed by atoms with van der Waals surface area (Å²) < 4.78 is 0. The molecule has 2 aromatic carbocycles. The Kier molecular flexibility index (Phi) is 4.31. The molecule has 4 amide bonds. The van der Waals surface area contributed by atoms with Crippen LogP contribution < -0.4 is 10.6 Å². The van der Waals surface area contributed by atoms with Crippen molar-refractivity contribution in [3.8, 4) is 0 Å². The van der Waals surface area contributed by atoms with E-state index in [4.69, 9.17) is 0 Å².